The molecule has 0 spiro atoms. The summed E-state index contributed by atoms with van der Waals surface area (Å²) in [6, 6.07) is 10.7. The van der Waals surface area contributed by atoms with Crippen LogP contribution >= 0.6 is 11.6 Å². The summed E-state index contributed by atoms with van der Waals surface area (Å²) in [7, 11) is 3.00. The Balaban J connectivity index is 1.28. The van der Waals surface area contributed by atoms with Crippen LogP contribution in [0.2, 0.25) is 5.02 Å². The zero-order valence-corrected chi connectivity index (χ0v) is 25.0. The third kappa shape index (κ3) is 4.75. The molecule has 2 aromatic carbocycles. The van der Waals surface area contributed by atoms with Crippen LogP contribution < -0.4 is 21.0 Å². The summed E-state index contributed by atoms with van der Waals surface area (Å²) in [5.41, 5.74) is 1.04. The van der Waals surface area contributed by atoms with E-state index < -0.39 is 22.2 Å². The zero-order chi connectivity index (χ0) is 31.4. The number of nitrogens with zero attached hydrogens (tertiary/aromatic N) is 8. The van der Waals surface area contributed by atoms with Gasteiger partial charge in [0.05, 0.1) is 29.6 Å². The quantitative estimate of drug-likeness (QED) is 0.179. The Kier molecular flexibility index (Phi) is 7.33. The van der Waals surface area contributed by atoms with Crippen molar-refractivity contribution in [1.82, 2.24) is 23.6 Å². The largest absolute Gasteiger partial charge is 0.340 e. The van der Waals surface area contributed by atoms with Gasteiger partial charge in [0.15, 0.2) is 11.2 Å². The average Bonchev–Trinajstić information content (AvgIpc) is 3.53. The maximum absolute atomic E-state index is 13.5. The molecule has 44 heavy (non-hydrogen) atoms. The first-order valence-corrected chi connectivity index (χ1v) is 14.4. The third-order valence-corrected chi connectivity index (χ3v) is 8.78. The van der Waals surface area contributed by atoms with Gasteiger partial charge in [-0.3, -0.25) is 43.1 Å². The molecule has 2 aliphatic rings. The molecule has 0 bridgehead atoms. The number of carbonyl (C=O) groups is 2. The van der Waals surface area contributed by atoms with Crippen molar-refractivity contribution in [2.45, 2.75) is 25.9 Å². The zero-order valence-electron chi connectivity index (χ0n) is 24.3. The number of imide groups is 1. The van der Waals surface area contributed by atoms with Gasteiger partial charge in [0.1, 0.15) is 0 Å². The second-order valence-corrected chi connectivity index (χ2v) is 11.4. The monoisotopic (exact) mass is 620 g/mol. The molecule has 4 aromatic rings. The molecule has 0 saturated carbocycles. The number of amides is 2. The number of nitro groups is 1. The molecular weight excluding hydrogens is 592 g/mol. The summed E-state index contributed by atoms with van der Waals surface area (Å²) < 4.78 is 4.17. The van der Waals surface area contributed by atoms with E-state index in [1.54, 1.807) is 24.6 Å². The maximum atomic E-state index is 13.5. The Labute approximate surface area is 255 Å². The van der Waals surface area contributed by atoms with Gasteiger partial charge in [-0.1, -0.05) is 29.8 Å². The van der Waals surface area contributed by atoms with Gasteiger partial charge in [-0.15, -0.1) is 0 Å². The van der Waals surface area contributed by atoms with E-state index in [1.165, 1.54) is 29.8 Å². The van der Waals surface area contributed by atoms with Crippen LogP contribution in [0.25, 0.3) is 11.2 Å². The highest BCUT2D eigenvalue weighted by Gasteiger charge is 2.44. The van der Waals surface area contributed by atoms with Crippen molar-refractivity contribution in [2.75, 3.05) is 36.0 Å². The number of non-ortho nitro benzene ring substituents is 1. The summed E-state index contributed by atoms with van der Waals surface area (Å²) in [4.78, 5) is 73.0. The number of anilines is 2. The fourth-order valence-electron chi connectivity index (χ4n) is 6.02. The molecule has 15 heteroatoms. The predicted molar refractivity (Wildman–Crippen MR) is 163 cm³/mol. The smallest absolute Gasteiger partial charge is 0.332 e. The molecule has 0 aliphatic carbocycles. The fourth-order valence-corrected chi connectivity index (χ4v) is 6.21. The van der Waals surface area contributed by atoms with Gasteiger partial charge in [-0.2, -0.15) is 4.98 Å². The average molecular weight is 621 g/mol. The minimum Gasteiger partial charge on any atom is -0.340 e. The first-order chi connectivity index (χ1) is 21.0. The number of aryl methyl sites for hydroxylation is 2. The van der Waals surface area contributed by atoms with E-state index in [2.05, 4.69) is 0 Å². The number of imidazole rings is 1. The lowest BCUT2D eigenvalue weighted by atomic mass is 10.1. The SMILES string of the molecule is Cc1cc([N+](=O)[O-])ccc1N1C(=O)CC(N2CCN(c3nc4c(c(=O)n(C)c(=O)n4C)n3Cc3ccccc3Cl)CC2)C1=O. The minimum absolute atomic E-state index is 0.00155. The molecule has 1 atom stereocenters. The van der Waals surface area contributed by atoms with Gasteiger partial charge >= 0.3 is 5.69 Å². The molecule has 4 heterocycles. The summed E-state index contributed by atoms with van der Waals surface area (Å²) in [6.07, 6.45) is -0.00155. The molecular formula is C29H29ClN8O6. The molecule has 2 amide bonds. The second-order valence-electron chi connectivity index (χ2n) is 11.0. The summed E-state index contributed by atoms with van der Waals surface area (Å²) in [5, 5.41) is 11.7. The van der Waals surface area contributed by atoms with Crippen LogP contribution in [0.4, 0.5) is 17.3 Å². The van der Waals surface area contributed by atoms with Gasteiger partial charge in [-0.05, 0) is 30.2 Å². The van der Waals surface area contributed by atoms with Crippen molar-refractivity contribution >= 4 is 51.9 Å². The normalized spacial score (nSPS) is 17.7. The van der Waals surface area contributed by atoms with Crippen LogP contribution in [0.5, 0.6) is 0 Å². The molecule has 2 saturated heterocycles. The van der Waals surface area contributed by atoms with Crippen LogP contribution in [0.15, 0.2) is 52.1 Å². The van der Waals surface area contributed by atoms with E-state index in [9.17, 15) is 29.3 Å². The van der Waals surface area contributed by atoms with Crippen molar-refractivity contribution in [1.29, 1.82) is 0 Å². The Morgan fingerprint density at radius 2 is 1.70 bits per heavy atom. The molecule has 2 aliphatic heterocycles. The van der Waals surface area contributed by atoms with Crippen LogP contribution in [0, 0.1) is 17.0 Å². The number of piperazine rings is 1. The first kappa shape index (κ1) is 29.3. The lowest BCUT2D eigenvalue weighted by molar-refractivity contribution is -0.384. The summed E-state index contributed by atoms with van der Waals surface area (Å²) in [5.74, 6) is -0.239. The third-order valence-electron chi connectivity index (χ3n) is 8.41. The Morgan fingerprint density at radius 1 is 1.00 bits per heavy atom. The second kappa shape index (κ2) is 11.0. The molecule has 2 fully saturated rings. The van der Waals surface area contributed by atoms with Gasteiger partial charge in [0.25, 0.3) is 17.2 Å². The minimum atomic E-state index is -0.672. The Bertz CT molecular complexity index is 1970. The number of benzene rings is 2. The Hall–Kier alpha value is -4.82. The number of fused-ring (bicyclic) bond motifs is 1. The van der Waals surface area contributed by atoms with Crippen molar-refractivity contribution < 1.29 is 14.5 Å². The Morgan fingerprint density at radius 3 is 2.36 bits per heavy atom. The number of nitro benzene ring substituents is 1. The van der Waals surface area contributed by atoms with Crippen molar-refractivity contribution in [3.05, 3.63) is 89.6 Å². The molecule has 0 N–H and O–H groups in total. The highest BCUT2D eigenvalue weighted by atomic mass is 35.5. The van der Waals surface area contributed by atoms with Crippen LogP contribution in [-0.4, -0.2) is 72.5 Å². The standard InChI is InChI=1S/C29H29ClN8O6/c1-17-14-19(38(43)44)8-9-21(17)37-23(39)15-22(26(37)40)34-10-12-35(13-11-34)28-31-25-24(27(41)33(3)29(42)32(25)2)36(28)16-18-6-4-5-7-20(18)30/h4-9,14,22H,10-13,15-16H2,1-3H3. The van der Waals surface area contributed by atoms with E-state index in [4.69, 9.17) is 16.6 Å². The van der Waals surface area contributed by atoms with Crippen molar-refractivity contribution in [3.8, 4) is 0 Å². The van der Waals surface area contributed by atoms with Crippen molar-refractivity contribution in [3.63, 3.8) is 0 Å². The molecule has 14 nitrogen and oxygen atoms in total. The molecule has 1 unspecified atom stereocenters. The molecule has 2 aromatic heterocycles. The number of rotatable bonds is 6. The number of carbonyl (C=O) groups excluding carboxylic acids is 2. The summed E-state index contributed by atoms with van der Waals surface area (Å²) in [6.45, 7) is 3.63. The van der Waals surface area contributed by atoms with Crippen LogP contribution in [-0.2, 0) is 30.2 Å². The molecule has 0 radical (unpaired) electrons. The fraction of sp³-hybridized carbons (Fsp3) is 0.345. The van der Waals surface area contributed by atoms with E-state index in [1.807, 2.05) is 28.0 Å². The van der Waals surface area contributed by atoms with Crippen LogP contribution in [0.3, 0.4) is 0 Å². The predicted octanol–water partition coefficient (Wildman–Crippen LogP) is 1.81. The van der Waals surface area contributed by atoms with Gasteiger partial charge in [-0.25, -0.2) is 9.69 Å². The molecule has 228 valence electrons. The van der Waals surface area contributed by atoms with E-state index >= 15 is 0 Å². The molecule has 6 rings (SSSR count). The van der Waals surface area contributed by atoms with Crippen molar-refractivity contribution in [2.24, 2.45) is 14.1 Å². The number of hydrogen-bond acceptors (Lipinski definition) is 9. The number of halogens is 1. The van der Waals surface area contributed by atoms with Crippen LogP contribution in [0.1, 0.15) is 17.5 Å². The van der Waals surface area contributed by atoms with E-state index in [0.29, 0.717) is 48.4 Å². The van der Waals surface area contributed by atoms with Gasteiger partial charge in [0, 0.05) is 57.4 Å². The lowest BCUT2D eigenvalue weighted by Crippen LogP contribution is -2.53. The highest BCUT2D eigenvalue weighted by molar-refractivity contribution is 6.31. The van der Waals surface area contributed by atoms with E-state index in [0.717, 1.165) is 15.0 Å². The topological polar surface area (TPSA) is 149 Å². The van der Waals surface area contributed by atoms with E-state index in [-0.39, 0.29) is 41.6 Å². The maximum Gasteiger partial charge on any atom is 0.332 e. The highest BCUT2D eigenvalue weighted by Crippen LogP contribution is 2.32. The first-order valence-electron chi connectivity index (χ1n) is 14.0. The number of aromatic nitrogens is 4. The summed E-state index contributed by atoms with van der Waals surface area (Å²) >= 11 is 6.48. The van der Waals surface area contributed by atoms with Gasteiger partial charge in [0.2, 0.25) is 11.9 Å². The lowest BCUT2D eigenvalue weighted by Gasteiger charge is -2.37. The van der Waals surface area contributed by atoms with Gasteiger partial charge < -0.3 is 4.90 Å². The number of hydrogen-bond donors (Lipinski definition) is 0.